The number of rotatable bonds is 9. The maximum atomic E-state index is 9.90. The minimum absolute atomic E-state index is 0.412. The average molecular weight is 426 g/mol. The van der Waals surface area contributed by atoms with E-state index >= 15 is 0 Å². The molecule has 1 saturated heterocycles. The summed E-state index contributed by atoms with van der Waals surface area (Å²) in [6.07, 6.45) is 25.0. The molecule has 1 unspecified atom stereocenters. The Labute approximate surface area is 189 Å². The Morgan fingerprint density at radius 1 is 1.10 bits per heavy atom. The first kappa shape index (κ1) is 22.7. The summed E-state index contributed by atoms with van der Waals surface area (Å²) in [5.74, 6) is 5.09. The van der Waals surface area contributed by atoms with Gasteiger partial charge in [0.2, 0.25) is 0 Å². The van der Waals surface area contributed by atoms with E-state index in [9.17, 15) is 5.11 Å². The van der Waals surface area contributed by atoms with Crippen LogP contribution in [0.2, 0.25) is 0 Å². The molecule has 3 nitrogen and oxygen atoms in total. The molecule has 4 rings (SSSR count). The summed E-state index contributed by atoms with van der Waals surface area (Å²) >= 11 is 0. The van der Waals surface area contributed by atoms with Gasteiger partial charge in [-0.05, 0) is 99.3 Å². The van der Waals surface area contributed by atoms with Crippen LogP contribution in [-0.2, 0) is 4.74 Å². The van der Waals surface area contributed by atoms with E-state index < -0.39 is 0 Å². The highest BCUT2D eigenvalue weighted by molar-refractivity contribution is 5.19. The average Bonchev–Trinajstić information content (AvgIpc) is 2.78. The van der Waals surface area contributed by atoms with Gasteiger partial charge in [0, 0.05) is 19.5 Å². The summed E-state index contributed by atoms with van der Waals surface area (Å²) in [5.41, 5.74) is 0. The third-order valence-corrected chi connectivity index (χ3v) is 8.15. The lowest BCUT2D eigenvalue weighted by molar-refractivity contribution is -0.0277. The molecule has 3 aliphatic carbocycles. The van der Waals surface area contributed by atoms with E-state index in [1.54, 1.807) is 0 Å². The monoisotopic (exact) mass is 425 g/mol. The molecule has 0 bridgehead atoms. The summed E-state index contributed by atoms with van der Waals surface area (Å²) in [4.78, 5) is 2.49. The number of allylic oxidation sites excluding steroid dienone is 7. The standard InChI is InChI=1S/C28H43NO2/c1-3-18-29-19-26(20-29)31-25-16-12-23(13-17-25)28(22-10-14-24(30)15-11-22)27(4-2)21-8-6-5-7-9-21/h6,8,10,14-16,21-23,26-28,30H,3-5,7,9,11-13,17-20H2,1-2H3/t21-,22-,23-,27+,28?/m0/s1. The molecule has 3 heteroatoms. The first-order valence-electron chi connectivity index (χ1n) is 13.0. The van der Waals surface area contributed by atoms with Crippen molar-refractivity contribution in [3.8, 4) is 0 Å². The molecule has 4 aliphatic rings. The van der Waals surface area contributed by atoms with Gasteiger partial charge < -0.3 is 9.84 Å². The summed E-state index contributed by atoms with van der Waals surface area (Å²) in [6.45, 7) is 8.05. The molecule has 31 heavy (non-hydrogen) atoms. The van der Waals surface area contributed by atoms with Gasteiger partial charge in [-0.25, -0.2) is 0 Å². The van der Waals surface area contributed by atoms with Crippen LogP contribution in [0, 0.1) is 29.6 Å². The number of aliphatic hydroxyl groups excluding tert-OH is 1. The molecule has 5 atom stereocenters. The quantitative estimate of drug-likeness (QED) is 0.412. The van der Waals surface area contributed by atoms with Crippen LogP contribution in [-0.4, -0.2) is 35.7 Å². The van der Waals surface area contributed by atoms with E-state index in [-0.39, 0.29) is 0 Å². The van der Waals surface area contributed by atoms with Gasteiger partial charge in [0.1, 0.15) is 11.9 Å². The number of likely N-dealkylation sites (tertiary alicyclic amines) is 1. The van der Waals surface area contributed by atoms with Crippen molar-refractivity contribution in [1.29, 1.82) is 0 Å². The van der Waals surface area contributed by atoms with E-state index in [2.05, 4.69) is 43.1 Å². The van der Waals surface area contributed by atoms with E-state index in [0.29, 0.717) is 29.6 Å². The molecule has 0 amide bonds. The molecule has 1 N–H and O–H groups in total. The Hall–Kier alpha value is -1.48. The van der Waals surface area contributed by atoms with Gasteiger partial charge in [0.05, 0.1) is 5.76 Å². The number of ether oxygens (including phenoxy) is 1. The fraction of sp³-hybridized carbons (Fsp3) is 0.714. The highest BCUT2D eigenvalue weighted by Crippen LogP contribution is 2.46. The largest absolute Gasteiger partial charge is 0.508 e. The first-order chi connectivity index (χ1) is 15.2. The molecule has 0 radical (unpaired) electrons. The molecule has 0 aromatic heterocycles. The zero-order chi connectivity index (χ0) is 21.6. The third-order valence-electron chi connectivity index (χ3n) is 8.15. The van der Waals surface area contributed by atoms with E-state index in [1.807, 2.05) is 12.2 Å². The summed E-state index contributed by atoms with van der Waals surface area (Å²) in [7, 11) is 0. The van der Waals surface area contributed by atoms with Crippen molar-refractivity contribution in [1.82, 2.24) is 4.90 Å². The fourth-order valence-corrected chi connectivity index (χ4v) is 6.58. The molecule has 0 aromatic carbocycles. The Bertz CT molecular complexity index is 700. The summed E-state index contributed by atoms with van der Waals surface area (Å²) in [6, 6.07) is 0. The molecule has 0 spiro atoms. The smallest absolute Gasteiger partial charge is 0.123 e. The Balaban J connectivity index is 1.42. The summed E-state index contributed by atoms with van der Waals surface area (Å²) in [5, 5.41) is 9.90. The minimum atomic E-state index is 0.412. The molecule has 0 saturated carbocycles. The lowest BCUT2D eigenvalue weighted by atomic mass is 9.62. The zero-order valence-electron chi connectivity index (χ0n) is 19.7. The molecular formula is C28H43NO2. The zero-order valence-corrected chi connectivity index (χ0v) is 19.7. The van der Waals surface area contributed by atoms with Crippen LogP contribution in [0.4, 0.5) is 0 Å². The van der Waals surface area contributed by atoms with Gasteiger partial charge in [0.25, 0.3) is 0 Å². The van der Waals surface area contributed by atoms with Crippen LogP contribution in [0.1, 0.15) is 71.6 Å². The van der Waals surface area contributed by atoms with E-state index in [0.717, 1.165) is 44.2 Å². The maximum Gasteiger partial charge on any atom is 0.123 e. The van der Waals surface area contributed by atoms with Crippen molar-refractivity contribution in [3.05, 3.63) is 48.0 Å². The van der Waals surface area contributed by atoms with Gasteiger partial charge in [-0.3, -0.25) is 4.90 Å². The lowest BCUT2D eigenvalue weighted by Crippen LogP contribution is -2.52. The van der Waals surface area contributed by atoms with Gasteiger partial charge in [0.15, 0.2) is 0 Å². The normalized spacial score (nSPS) is 31.5. The van der Waals surface area contributed by atoms with Gasteiger partial charge in [-0.1, -0.05) is 38.5 Å². The van der Waals surface area contributed by atoms with Crippen LogP contribution in [0.5, 0.6) is 0 Å². The molecular weight excluding hydrogens is 382 g/mol. The van der Waals surface area contributed by atoms with Crippen LogP contribution < -0.4 is 0 Å². The topological polar surface area (TPSA) is 32.7 Å². The highest BCUT2D eigenvalue weighted by Gasteiger charge is 2.38. The highest BCUT2D eigenvalue weighted by atomic mass is 16.5. The maximum absolute atomic E-state index is 9.90. The minimum Gasteiger partial charge on any atom is -0.508 e. The number of nitrogens with zero attached hydrogens (tertiary/aromatic N) is 1. The van der Waals surface area contributed by atoms with Crippen LogP contribution in [0.25, 0.3) is 0 Å². The number of hydrogen-bond acceptors (Lipinski definition) is 3. The van der Waals surface area contributed by atoms with E-state index in [1.165, 1.54) is 50.8 Å². The molecule has 1 aliphatic heterocycles. The van der Waals surface area contributed by atoms with Crippen molar-refractivity contribution in [3.63, 3.8) is 0 Å². The Morgan fingerprint density at radius 2 is 1.97 bits per heavy atom. The molecule has 172 valence electrons. The second-order valence-electron chi connectivity index (χ2n) is 10.3. The third kappa shape index (κ3) is 5.66. The first-order valence-corrected chi connectivity index (χ1v) is 13.0. The Morgan fingerprint density at radius 3 is 2.58 bits per heavy atom. The lowest BCUT2D eigenvalue weighted by Gasteiger charge is -2.44. The number of aliphatic hydroxyl groups is 1. The fourth-order valence-electron chi connectivity index (χ4n) is 6.58. The van der Waals surface area contributed by atoms with Crippen molar-refractivity contribution in [2.24, 2.45) is 29.6 Å². The van der Waals surface area contributed by atoms with E-state index in [4.69, 9.17) is 4.74 Å². The predicted octanol–water partition coefficient (Wildman–Crippen LogP) is 6.80. The van der Waals surface area contributed by atoms with Crippen molar-refractivity contribution < 1.29 is 9.84 Å². The van der Waals surface area contributed by atoms with Gasteiger partial charge in [-0.15, -0.1) is 0 Å². The predicted molar refractivity (Wildman–Crippen MR) is 129 cm³/mol. The van der Waals surface area contributed by atoms with Gasteiger partial charge in [-0.2, -0.15) is 0 Å². The number of hydrogen-bond donors (Lipinski definition) is 1. The van der Waals surface area contributed by atoms with Crippen LogP contribution >= 0.6 is 0 Å². The molecule has 1 fully saturated rings. The molecule has 0 aromatic rings. The second-order valence-corrected chi connectivity index (χ2v) is 10.3. The molecule has 1 heterocycles. The van der Waals surface area contributed by atoms with Crippen LogP contribution in [0.15, 0.2) is 48.0 Å². The van der Waals surface area contributed by atoms with Crippen molar-refractivity contribution in [2.75, 3.05) is 19.6 Å². The van der Waals surface area contributed by atoms with Crippen LogP contribution in [0.3, 0.4) is 0 Å². The van der Waals surface area contributed by atoms with Crippen molar-refractivity contribution in [2.45, 2.75) is 77.7 Å². The van der Waals surface area contributed by atoms with Crippen molar-refractivity contribution >= 4 is 0 Å². The second kappa shape index (κ2) is 10.9. The SMILES string of the molecule is CCCN1CC(OC2=CC[C@H](C([C@H]3C=CC(O)=CC3)[C@H](CC)[C@H]3C=CCCC3)CC2)C1. The Kier molecular flexibility index (Phi) is 7.98. The van der Waals surface area contributed by atoms with Gasteiger partial charge >= 0.3 is 0 Å². The summed E-state index contributed by atoms with van der Waals surface area (Å²) < 4.78 is 6.35.